The molecular weight excluding hydrogens is 164 g/mol. The number of hydrogen-bond acceptors (Lipinski definition) is 2. The Morgan fingerprint density at radius 2 is 2.08 bits per heavy atom. The van der Waals surface area contributed by atoms with E-state index in [0.29, 0.717) is 0 Å². The third kappa shape index (κ3) is 1.83. The van der Waals surface area contributed by atoms with E-state index in [4.69, 9.17) is 4.74 Å². The van der Waals surface area contributed by atoms with E-state index < -0.39 is 0 Å². The zero-order valence-electron chi connectivity index (χ0n) is 8.67. The summed E-state index contributed by atoms with van der Waals surface area (Å²) in [4.78, 5) is 10.7. The van der Waals surface area contributed by atoms with Gasteiger partial charge in [-0.15, -0.1) is 6.58 Å². The summed E-state index contributed by atoms with van der Waals surface area (Å²) in [5.74, 6) is -0.0470. The summed E-state index contributed by atoms with van der Waals surface area (Å²) in [6, 6.07) is 0. The van der Waals surface area contributed by atoms with Crippen molar-refractivity contribution in [3.63, 3.8) is 0 Å². The van der Waals surface area contributed by atoms with Gasteiger partial charge in [-0.25, -0.2) is 0 Å². The molecule has 0 bridgehead atoms. The molecule has 1 aliphatic heterocycles. The predicted molar refractivity (Wildman–Crippen MR) is 52.6 cm³/mol. The SMILES string of the molecule is C=CC1(C)CCC(C)(C(C)C=O)O1. The fraction of sp³-hybridized carbons (Fsp3) is 0.727. The zero-order valence-corrected chi connectivity index (χ0v) is 8.67. The van der Waals surface area contributed by atoms with Crippen LogP contribution in [0, 0.1) is 5.92 Å². The molecule has 0 spiro atoms. The van der Waals surface area contributed by atoms with Gasteiger partial charge in [0.1, 0.15) is 6.29 Å². The molecule has 74 valence electrons. The highest BCUT2D eigenvalue weighted by atomic mass is 16.5. The Morgan fingerprint density at radius 1 is 1.46 bits per heavy atom. The van der Waals surface area contributed by atoms with Crippen LogP contribution in [0.15, 0.2) is 12.7 Å². The number of carbonyl (C=O) groups is 1. The number of rotatable bonds is 3. The Kier molecular flexibility index (Phi) is 2.62. The van der Waals surface area contributed by atoms with Crippen LogP contribution in [0.1, 0.15) is 33.6 Å². The fourth-order valence-corrected chi connectivity index (χ4v) is 1.74. The first-order valence-corrected chi connectivity index (χ1v) is 4.75. The zero-order chi connectivity index (χ0) is 10.1. The highest BCUT2D eigenvalue weighted by Crippen LogP contribution is 2.41. The standard InChI is InChI=1S/C11H18O2/c1-5-10(3)6-7-11(4,13-10)9(2)8-12/h5,8-9H,1,6-7H2,2-4H3. The van der Waals surface area contributed by atoms with E-state index in [1.807, 2.05) is 26.8 Å². The van der Waals surface area contributed by atoms with Crippen LogP contribution >= 0.6 is 0 Å². The number of ether oxygens (including phenoxy) is 1. The first kappa shape index (κ1) is 10.5. The van der Waals surface area contributed by atoms with Gasteiger partial charge in [-0.3, -0.25) is 0 Å². The fourth-order valence-electron chi connectivity index (χ4n) is 1.74. The normalized spacial score (nSPS) is 41.5. The van der Waals surface area contributed by atoms with Gasteiger partial charge in [-0.05, 0) is 26.7 Å². The van der Waals surface area contributed by atoms with Gasteiger partial charge in [-0.2, -0.15) is 0 Å². The number of aldehydes is 1. The molecule has 3 unspecified atom stereocenters. The lowest BCUT2D eigenvalue weighted by molar-refractivity contribution is -0.126. The molecule has 2 nitrogen and oxygen atoms in total. The Bertz CT molecular complexity index is 224. The van der Waals surface area contributed by atoms with Gasteiger partial charge in [0.2, 0.25) is 0 Å². The van der Waals surface area contributed by atoms with Gasteiger partial charge in [-0.1, -0.05) is 13.0 Å². The van der Waals surface area contributed by atoms with Crippen molar-refractivity contribution in [2.24, 2.45) is 5.92 Å². The second-order valence-corrected chi connectivity index (χ2v) is 4.36. The Labute approximate surface area is 80.0 Å². The molecule has 0 aromatic rings. The smallest absolute Gasteiger partial charge is 0.125 e. The van der Waals surface area contributed by atoms with Gasteiger partial charge in [0.15, 0.2) is 0 Å². The Balaban J connectivity index is 2.76. The minimum Gasteiger partial charge on any atom is -0.364 e. The number of carbonyl (C=O) groups excluding carboxylic acids is 1. The summed E-state index contributed by atoms with van der Waals surface area (Å²) in [5.41, 5.74) is -0.545. The van der Waals surface area contributed by atoms with E-state index in [-0.39, 0.29) is 17.1 Å². The summed E-state index contributed by atoms with van der Waals surface area (Å²) in [6.45, 7) is 9.67. The molecule has 0 radical (unpaired) electrons. The molecule has 1 aliphatic rings. The summed E-state index contributed by atoms with van der Waals surface area (Å²) in [5, 5.41) is 0. The molecular formula is C11H18O2. The summed E-state index contributed by atoms with van der Waals surface area (Å²) < 4.78 is 5.89. The van der Waals surface area contributed by atoms with Crippen LogP contribution < -0.4 is 0 Å². The van der Waals surface area contributed by atoms with Crippen LogP contribution in [0.4, 0.5) is 0 Å². The first-order valence-electron chi connectivity index (χ1n) is 4.75. The van der Waals surface area contributed by atoms with Crippen molar-refractivity contribution in [2.45, 2.75) is 44.8 Å². The summed E-state index contributed by atoms with van der Waals surface area (Å²) in [7, 11) is 0. The lowest BCUT2D eigenvalue weighted by atomic mass is 9.88. The van der Waals surface area contributed by atoms with Crippen LogP contribution in [0.3, 0.4) is 0 Å². The quantitative estimate of drug-likeness (QED) is 0.494. The van der Waals surface area contributed by atoms with Crippen molar-refractivity contribution in [3.05, 3.63) is 12.7 Å². The summed E-state index contributed by atoms with van der Waals surface area (Å²) >= 11 is 0. The minimum absolute atomic E-state index is 0.0470. The second-order valence-electron chi connectivity index (χ2n) is 4.36. The molecule has 0 aromatic carbocycles. The Hall–Kier alpha value is -0.630. The van der Waals surface area contributed by atoms with E-state index in [9.17, 15) is 4.79 Å². The predicted octanol–water partition coefficient (Wildman–Crippen LogP) is 2.34. The van der Waals surface area contributed by atoms with Crippen LogP contribution in [-0.2, 0) is 9.53 Å². The minimum atomic E-state index is -0.301. The third-order valence-electron chi connectivity index (χ3n) is 3.18. The molecule has 0 saturated carbocycles. The molecule has 13 heavy (non-hydrogen) atoms. The van der Waals surface area contributed by atoms with Crippen molar-refractivity contribution in [2.75, 3.05) is 0 Å². The van der Waals surface area contributed by atoms with Crippen LogP contribution in [0.5, 0.6) is 0 Å². The first-order chi connectivity index (χ1) is 5.96. The van der Waals surface area contributed by atoms with Gasteiger partial charge >= 0.3 is 0 Å². The maximum Gasteiger partial charge on any atom is 0.125 e. The highest BCUT2D eigenvalue weighted by molar-refractivity contribution is 5.55. The molecule has 1 saturated heterocycles. The summed E-state index contributed by atoms with van der Waals surface area (Å²) in [6.07, 6.45) is 4.67. The second kappa shape index (κ2) is 3.26. The van der Waals surface area contributed by atoms with Crippen molar-refractivity contribution >= 4 is 6.29 Å². The van der Waals surface area contributed by atoms with Crippen LogP contribution in [0.25, 0.3) is 0 Å². The van der Waals surface area contributed by atoms with Crippen molar-refractivity contribution in [3.8, 4) is 0 Å². The average Bonchev–Trinajstić information content (AvgIpc) is 2.44. The van der Waals surface area contributed by atoms with E-state index in [2.05, 4.69) is 6.58 Å². The topological polar surface area (TPSA) is 26.3 Å². The third-order valence-corrected chi connectivity index (χ3v) is 3.18. The van der Waals surface area contributed by atoms with Crippen molar-refractivity contribution in [1.82, 2.24) is 0 Å². The van der Waals surface area contributed by atoms with E-state index in [1.165, 1.54) is 0 Å². The van der Waals surface area contributed by atoms with Gasteiger partial charge in [0.25, 0.3) is 0 Å². The van der Waals surface area contributed by atoms with Crippen LogP contribution in [-0.4, -0.2) is 17.5 Å². The van der Waals surface area contributed by atoms with Gasteiger partial charge in [0.05, 0.1) is 11.2 Å². The molecule has 3 atom stereocenters. The monoisotopic (exact) mass is 182 g/mol. The van der Waals surface area contributed by atoms with Crippen LogP contribution in [0.2, 0.25) is 0 Å². The molecule has 1 fully saturated rings. The molecule has 0 N–H and O–H groups in total. The lowest BCUT2D eigenvalue weighted by Crippen LogP contribution is -2.36. The van der Waals surface area contributed by atoms with Gasteiger partial charge in [0, 0.05) is 5.92 Å². The van der Waals surface area contributed by atoms with E-state index in [1.54, 1.807) is 0 Å². The molecule has 1 rings (SSSR count). The largest absolute Gasteiger partial charge is 0.364 e. The molecule has 0 amide bonds. The average molecular weight is 182 g/mol. The molecule has 0 aliphatic carbocycles. The maximum atomic E-state index is 10.7. The lowest BCUT2D eigenvalue weighted by Gasteiger charge is -2.30. The van der Waals surface area contributed by atoms with Crippen molar-refractivity contribution in [1.29, 1.82) is 0 Å². The number of hydrogen-bond donors (Lipinski definition) is 0. The Morgan fingerprint density at radius 3 is 2.46 bits per heavy atom. The molecule has 1 heterocycles. The van der Waals surface area contributed by atoms with E-state index in [0.717, 1.165) is 19.1 Å². The van der Waals surface area contributed by atoms with E-state index >= 15 is 0 Å². The highest BCUT2D eigenvalue weighted by Gasteiger charge is 2.45. The maximum absolute atomic E-state index is 10.7. The molecule has 0 aromatic heterocycles. The van der Waals surface area contributed by atoms with Crippen molar-refractivity contribution < 1.29 is 9.53 Å². The van der Waals surface area contributed by atoms with Gasteiger partial charge < -0.3 is 9.53 Å². The molecule has 2 heteroatoms.